The van der Waals surface area contributed by atoms with E-state index in [4.69, 9.17) is 9.47 Å². The summed E-state index contributed by atoms with van der Waals surface area (Å²) in [6, 6.07) is 22.3. The van der Waals surface area contributed by atoms with Crippen LogP contribution in [0.2, 0.25) is 0 Å². The van der Waals surface area contributed by atoms with E-state index < -0.39 is 6.10 Å². The van der Waals surface area contributed by atoms with Crippen molar-refractivity contribution in [3.8, 4) is 22.6 Å². The molecule has 3 aromatic rings. The first kappa shape index (κ1) is 23.8. The second-order valence-electron chi connectivity index (χ2n) is 10.4. The fourth-order valence-electron chi connectivity index (χ4n) is 6.10. The second-order valence-corrected chi connectivity index (χ2v) is 10.4. The Kier molecular flexibility index (Phi) is 6.26. The number of benzene rings is 3. The van der Waals surface area contributed by atoms with E-state index >= 15 is 0 Å². The molecule has 3 heterocycles. The first-order valence-electron chi connectivity index (χ1n) is 13.0. The fraction of sp³-hybridized carbons (Fsp3) is 0.367. The average Bonchev–Trinajstić information content (AvgIpc) is 3.40. The number of carbonyl (C=O) groups excluding carboxylic acids is 1. The predicted octanol–water partition coefficient (Wildman–Crippen LogP) is 4.91. The fourth-order valence-corrected chi connectivity index (χ4v) is 6.10. The van der Waals surface area contributed by atoms with Gasteiger partial charge in [0, 0.05) is 43.8 Å². The van der Waals surface area contributed by atoms with Crippen LogP contribution in [0.1, 0.15) is 30.5 Å². The molecule has 7 nitrogen and oxygen atoms in total. The molecule has 3 aliphatic rings. The molecule has 37 heavy (non-hydrogen) atoms. The molecule has 3 aliphatic heterocycles. The molecule has 0 spiro atoms. The molecule has 1 saturated heterocycles. The summed E-state index contributed by atoms with van der Waals surface area (Å²) in [5.41, 5.74) is 5.67. The molecule has 2 amide bonds. The lowest BCUT2D eigenvalue weighted by molar-refractivity contribution is -0.0169. The number of aliphatic hydroxyl groups excluding tert-OH is 1. The van der Waals surface area contributed by atoms with Crippen molar-refractivity contribution in [2.24, 2.45) is 5.92 Å². The van der Waals surface area contributed by atoms with Crippen molar-refractivity contribution in [2.75, 3.05) is 32.2 Å². The molecule has 192 valence electrons. The summed E-state index contributed by atoms with van der Waals surface area (Å²) in [4.78, 5) is 17.5. The average molecular weight is 500 g/mol. The van der Waals surface area contributed by atoms with Gasteiger partial charge in [-0.05, 0) is 72.4 Å². The Morgan fingerprint density at radius 3 is 2.62 bits per heavy atom. The van der Waals surface area contributed by atoms with Crippen LogP contribution in [-0.2, 0) is 6.42 Å². The Hall–Kier alpha value is -3.55. The predicted molar refractivity (Wildman–Crippen MR) is 143 cm³/mol. The van der Waals surface area contributed by atoms with Gasteiger partial charge in [0.2, 0.25) is 6.79 Å². The van der Waals surface area contributed by atoms with Gasteiger partial charge in [0.25, 0.3) is 0 Å². The van der Waals surface area contributed by atoms with Crippen molar-refractivity contribution in [2.45, 2.75) is 38.0 Å². The van der Waals surface area contributed by atoms with Crippen molar-refractivity contribution >= 4 is 11.7 Å². The van der Waals surface area contributed by atoms with Crippen LogP contribution in [0.3, 0.4) is 0 Å². The van der Waals surface area contributed by atoms with Crippen LogP contribution in [0, 0.1) is 5.92 Å². The minimum absolute atomic E-state index is 0.0265. The highest BCUT2D eigenvalue weighted by atomic mass is 16.7. The van der Waals surface area contributed by atoms with E-state index in [1.54, 1.807) is 4.90 Å². The number of fused-ring (bicyclic) bond motifs is 4. The Morgan fingerprint density at radius 1 is 1.05 bits per heavy atom. The van der Waals surface area contributed by atoms with Gasteiger partial charge in [-0.1, -0.05) is 36.4 Å². The Bertz CT molecular complexity index is 1300. The molecule has 0 saturated carbocycles. The zero-order valence-corrected chi connectivity index (χ0v) is 21.3. The molecule has 0 radical (unpaired) electrons. The topological polar surface area (TPSA) is 74.3 Å². The molecule has 2 N–H and O–H groups in total. The Balaban J connectivity index is 1.29. The summed E-state index contributed by atoms with van der Waals surface area (Å²) < 4.78 is 11.1. The van der Waals surface area contributed by atoms with Crippen LogP contribution in [0.5, 0.6) is 11.5 Å². The number of urea groups is 1. The third-order valence-corrected chi connectivity index (χ3v) is 8.19. The number of nitrogens with zero attached hydrogens (tertiary/aromatic N) is 2. The van der Waals surface area contributed by atoms with Gasteiger partial charge in [0.1, 0.15) is 0 Å². The highest BCUT2D eigenvalue weighted by molar-refractivity contribution is 5.89. The van der Waals surface area contributed by atoms with Crippen LogP contribution >= 0.6 is 0 Å². The third kappa shape index (κ3) is 4.54. The first-order chi connectivity index (χ1) is 18.0. The van der Waals surface area contributed by atoms with Gasteiger partial charge in [0.05, 0.1) is 6.10 Å². The summed E-state index contributed by atoms with van der Waals surface area (Å²) in [5.74, 6) is 1.53. The molecule has 1 fully saturated rings. The van der Waals surface area contributed by atoms with Crippen LogP contribution in [0.25, 0.3) is 11.1 Å². The number of ether oxygens (including phenoxy) is 2. The standard InChI is InChI=1S/C30H33N3O4/c1-19(34)25-17-33-13-12-20-8-9-21(22-10-11-28-29(15-22)37-18-36-28)14-24(20)27(33)16-26(25)32(2)30(35)31-23-6-4-3-5-7-23/h3-11,14-15,19,25-27,34H,12-13,16-18H2,1-2H3,(H,31,35)/t19-,25-,26-,27-/m0/s1. The van der Waals surface area contributed by atoms with Gasteiger partial charge < -0.3 is 24.8 Å². The van der Waals surface area contributed by atoms with Crippen molar-refractivity contribution in [3.05, 3.63) is 77.9 Å². The van der Waals surface area contributed by atoms with Gasteiger partial charge in [0.15, 0.2) is 11.5 Å². The first-order valence-corrected chi connectivity index (χ1v) is 13.0. The van der Waals surface area contributed by atoms with Gasteiger partial charge in [-0.15, -0.1) is 0 Å². The van der Waals surface area contributed by atoms with E-state index in [1.165, 1.54) is 11.1 Å². The molecule has 0 unspecified atom stereocenters. The van der Waals surface area contributed by atoms with E-state index in [-0.39, 0.29) is 30.8 Å². The van der Waals surface area contributed by atoms with Crippen LogP contribution in [0.15, 0.2) is 66.7 Å². The highest BCUT2D eigenvalue weighted by Crippen LogP contribution is 2.43. The molecule has 0 aromatic heterocycles. The summed E-state index contributed by atoms with van der Waals surface area (Å²) in [7, 11) is 1.85. The maximum absolute atomic E-state index is 13.2. The molecule has 7 heteroatoms. The van der Waals surface area contributed by atoms with E-state index in [9.17, 15) is 9.90 Å². The Morgan fingerprint density at radius 2 is 1.81 bits per heavy atom. The number of anilines is 1. The van der Waals surface area contributed by atoms with Crippen LogP contribution < -0.4 is 14.8 Å². The van der Waals surface area contributed by atoms with Gasteiger partial charge in [-0.2, -0.15) is 0 Å². The lowest BCUT2D eigenvalue weighted by atomic mass is 9.77. The molecule has 4 atom stereocenters. The number of hydrogen-bond donors (Lipinski definition) is 2. The van der Waals surface area contributed by atoms with E-state index in [2.05, 4.69) is 34.5 Å². The number of amides is 2. The lowest BCUT2D eigenvalue weighted by Crippen LogP contribution is -2.57. The largest absolute Gasteiger partial charge is 0.454 e. The number of piperidine rings is 1. The zero-order valence-electron chi connectivity index (χ0n) is 21.3. The SMILES string of the molecule is C[C@H](O)[C@@H]1CN2CCc3ccc(-c4ccc5c(c4)OCO5)cc3[C@@H]2C[C@@H]1N(C)C(=O)Nc1ccccc1. The third-order valence-electron chi connectivity index (χ3n) is 8.19. The molecular weight excluding hydrogens is 466 g/mol. The van der Waals surface area contributed by atoms with Crippen LogP contribution in [0.4, 0.5) is 10.5 Å². The number of rotatable bonds is 4. The molecule has 6 rings (SSSR count). The van der Waals surface area contributed by atoms with Crippen molar-refractivity contribution in [3.63, 3.8) is 0 Å². The summed E-state index contributed by atoms with van der Waals surface area (Å²) in [5, 5.41) is 13.7. The van der Waals surface area contributed by atoms with Crippen molar-refractivity contribution in [1.29, 1.82) is 0 Å². The lowest BCUT2D eigenvalue weighted by Gasteiger charge is -2.50. The maximum atomic E-state index is 13.2. The molecule has 0 aliphatic carbocycles. The molecular formula is C30H33N3O4. The smallest absolute Gasteiger partial charge is 0.321 e. The van der Waals surface area contributed by atoms with E-state index in [0.29, 0.717) is 0 Å². The second kappa shape index (κ2) is 9.72. The van der Waals surface area contributed by atoms with Gasteiger partial charge in [-0.3, -0.25) is 4.90 Å². The van der Waals surface area contributed by atoms with Gasteiger partial charge >= 0.3 is 6.03 Å². The zero-order chi connectivity index (χ0) is 25.5. The minimum atomic E-state index is -0.515. The number of carbonyl (C=O) groups is 1. The number of hydrogen-bond acceptors (Lipinski definition) is 5. The maximum Gasteiger partial charge on any atom is 0.321 e. The van der Waals surface area contributed by atoms with E-state index in [0.717, 1.165) is 54.2 Å². The Labute approximate surface area is 217 Å². The summed E-state index contributed by atoms with van der Waals surface area (Å²) in [6.45, 7) is 3.81. The van der Waals surface area contributed by atoms with Crippen molar-refractivity contribution < 1.29 is 19.4 Å². The van der Waals surface area contributed by atoms with Crippen molar-refractivity contribution in [1.82, 2.24) is 9.80 Å². The van der Waals surface area contributed by atoms with Gasteiger partial charge in [-0.25, -0.2) is 4.79 Å². The quantitative estimate of drug-likeness (QED) is 0.533. The molecule has 0 bridgehead atoms. The molecule has 3 aromatic carbocycles. The monoisotopic (exact) mass is 499 g/mol. The van der Waals surface area contributed by atoms with Crippen LogP contribution in [-0.4, -0.2) is 60.0 Å². The number of nitrogens with one attached hydrogen (secondary N) is 1. The summed E-state index contributed by atoms with van der Waals surface area (Å²) in [6.07, 6.45) is 1.24. The van der Waals surface area contributed by atoms with E-state index in [1.807, 2.05) is 56.4 Å². The highest BCUT2D eigenvalue weighted by Gasteiger charge is 2.43. The number of para-hydroxylation sites is 1. The normalized spacial score (nSPS) is 23.1. The summed E-state index contributed by atoms with van der Waals surface area (Å²) >= 11 is 0. The minimum Gasteiger partial charge on any atom is -0.454 e. The number of aliphatic hydroxyl groups is 1.